The van der Waals surface area contributed by atoms with E-state index in [-0.39, 0.29) is 12.4 Å². The van der Waals surface area contributed by atoms with Crippen molar-refractivity contribution in [3.63, 3.8) is 0 Å². The number of fused-ring (bicyclic) bond motifs is 2. The molecule has 1 atom stereocenters. The number of aromatic amines is 1. The van der Waals surface area contributed by atoms with E-state index in [2.05, 4.69) is 30.7 Å². The summed E-state index contributed by atoms with van der Waals surface area (Å²) in [7, 11) is 2.02. The van der Waals surface area contributed by atoms with Crippen LogP contribution in [0.25, 0.3) is 10.2 Å². The zero-order valence-corrected chi connectivity index (χ0v) is 18.2. The highest BCUT2D eigenvalue weighted by Gasteiger charge is 2.18. The smallest absolute Gasteiger partial charge is 0.259 e. The van der Waals surface area contributed by atoms with Gasteiger partial charge in [0, 0.05) is 11.4 Å². The Labute approximate surface area is 174 Å². The number of hydrogen-bond donors (Lipinski definition) is 1. The molecule has 0 saturated carbocycles. The number of H-pyrrole nitrogens is 1. The second-order valence-electron chi connectivity index (χ2n) is 7.91. The van der Waals surface area contributed by atoms with Crippen LogP contribution in [0.4, 0.5) is 0 Å². The van der Waals surface area contributed by atoms with Crippen LogP contribution in [0.3, 0.4) is 0 Å². The fourth-order valence-electron chi connectivity index (χ4n) is 3.70. The van der Waals surface area contributed by atoms with Crippen molar-refractivity contribution in [1.29, 1.82) is 0 Å². The Morgan fingerprint density at radius 2 is 2.07 bits per heavy atom. The first-order chi connectivity index (χ1) is 13.9. The van der Waals surface area contributed by atoms with Crippen molar-refractivity contribution < 1.29 is 9.47 Å². The van der Waals surface area contributed by atoms with Crippen LogP contribution in [-0.4, -0.2) is 28.7 Å². The van der Waals surface area contributed by atoms with E-state index in [1.54, 1.807) is 11.3 Å². The number of aryl methyl sites for hydroxylation is 1. The predicted molar refractivity (Wildman–Crippen MR) is 116 cm³/mol. The van der Waals surface area contributed by atoms with E-state index in [4.69, 9.17) is 14.5 Å². The molecule has 3 aromatic rings. The molecule has 2 aromatic heterocycles. The van der Waals surface area contributed by atoms with Gasteiger partial charge in [0.2, 0.25) is 6.79 Å². The fourth-order valence-corrected chi connectivity index (χ4v) is 4.77. The summed E-state index contributed by atoms with van der Waals surface area (Å²) in [6.07, 6.45) is 2.03. The average molecular weight is 414 g/mol. The van der Waals surface area contributed by atoms with E-state index in [1.165, 1.54) is 4.88 Å². The summed E-state index contributed by atoms with van der Waals surface area (Å²) in [6, 6.07) is 5.97. The second-order valence-corrected chi connectivity index (χ2v) is 9.11. The molecule has 1 aliphatic heterocycles. The maximum Gasteiger partial charge on any atom is 0.259 e. The third kappa shape index (κ3) is 4.16. The summed E-state index contributed by atoms with van der Waals surface area (Å²) >= 11 is 1.62. The van der Waals surface area contributed by atoms with Crippen LogP contribution in [0.5, 0.6) is 11.5 Å². The van der Waals surface area contributed by atoms with Gasteiger partial charge in [-0.3, -0.25) is 9.69 Å². The monoisotopic (exact) mass is 413 g/mol. The van der Waals surface area contributed by atoms with Gasteiger partial charge in [0.15, 0.2) is 11.5 Å². The Bertz CT molecular complexity index is 1090. The van der Waals surface area contributed by atoms with Gasteiger partial charge in [0.25, 0.3) is 5.56 Å². The molecule has 0 bridgehead atoms. The molecule has 6 nitrogen and oxygen atoms in total. The number of aromatic nitrogens is 2. The van der Waals surface area contributed by atoms with Gasteiger partial charge in [-0.25, -0.2) is 4.98 Å². The highest BCUT2D eigenvalue weighted by atomic mass is 32.1. The normalized spacial score (nSPS) is 14.1. The van der Waals surface area contributed by atoms with Gasteiger partial charge >= 0.3 is 0 Å². The summed E-state index contributed by atoms with van der Waals surface area (Å²) in [5.74, 6) is 2.82. The molecule has 0 aliphatic carbocycles. The summed E-state index contributed by atoms with van der Waals surface area (Å²) in [5, 5.41) is 0.773. The molecule has 0 unspecified atom stereocenters. The quantitative estimate of drug-likeness (QED) is 0.627. The van der Waals surface area contributed by atoms with E-state index in [0.717, 1.165) is 52.2 Å². The number of nitrogens with one attached hydrogen (secondary N) is 1. The lowest BCUT2D eigenvalue weighted by Crippen LogP contribution is -2.22. The topological polar surface area (TPSA) is 67.5 Å². The molecule has 0 amide bonds. The first-order valence-corrected chi connectivity index (χ1v) is 10.8. The third-order valence-corrected chi connectivity index (χ3v) is 6.51. The summed E-state index contributed by atoms with van der Waals surface area (Å²) in [5.41, 5.74) is 2.26. The molecular formula is C22H27N3O3S. The minimum atomic E-state index is -0.0240. The number of ether oxygens (including phenoxy) is 2. The maximum atomic E-state index is 12.8. The van der Waals surface area contributed by atoms with Crippen molar-refractivity contribution in [3.05, 3.63) is 50.4 Å². The van der Waals surface area contributed by atoms with Crippen molar-refractivity contribution in [1.82, 2.24) is 14.9 Å². The number of benzene rings is 1. The van der Waals surface area contributed by atoms with Crippen LogP contribution in [0.15, 0.2) is 23.0 Å². The van der Waals surface area contributed by atoms with E-state index in [9.17, 15) is 4.79 Å². The Kier molecular flexibility index (Phi) is 5.61. The summed E-state index contributed by atoms with van der Waals surface area (Å²) in [6.45, 7) is 8.07. The molecule has 0 fully saturated rings. The molecule has 154 valence electrons. The highest BCUT2D eigenvalue weighted by molar-refractivity contribution is 7.18. The summed E-state index contributed by atoms with van der Waals surface area (Å²) < 4.78 is 10.8. The first-order valence-electron chi connectivity index (χ1n) is 10.0. The predicted octanol–water partition coefficient (Wildman–Crippen LogP) is 4.24. The number of rotatable bonds is 7. The highest BCUT2D eigenvalue weighted by Crippen LogP contribution is 2.33. The Hall–Kier alpha value is -2.38. The van der Waals surface area contributed by atoms with Crippen molar-refractivity contribution >= 4 is 21.6 Å². The molecule has 0 spiro atoms. The van der Waals surface area contributed by atoms with Crippen LogP contribution in [0.1, 0.15) is 42.1 Å². The molecule has 7 heteroatoms. The van der Waals surface area contributed by atoms with Crippen LogP contribution in [-0.2, 0) is 19.5 Å². The van der Waals surface area contributed by atoms with Gasteiger partial charge in [-0.2, -0.15) is 0 Å². The maximum absolute atomic E-state index is 12.8. The van der Waals surface area contributed by atoms with Crippen LogP contribution >= 0.6 is 11.3 Å². The lowest BCUT2D eigenvalue weighted by atomic mass is 9.98. The van der Waals surface area contributed by atoms with E-state index >= 15 is 0 Å². The zero-order chi connectivity index (χ0) is 20.5. The van der Waals surface area contributed by atoms with Crippen molar-refractivity contribution in [2.24, 2.45) is 5.92 Å². The molecule has 0 saturated heterocycles. The Morgan fingerprint density at radius 3 is 2.86 bits per heavy atom. The minimum Gasteiger partial charge on any atom is -0.454 e. The SMILES string of the molecule is CC[C@@H](C)Cc1c(C)sc2nc(CN(C)Cc3ccc4c(c3)OCO4)[nH]c(=O)c12. The Morgan fingerprint density at radius 1 is 1.28 bits per heavy atom. The summed E-state index contributed by atoms with van der Waals surface area (Å²) in [4.78, 5) is 24.8. The van der Waals surface area contributed by atoms with Gasteiger partial charge in [-0.1, -0.05) is 26.3 Å². The van der Waals surface area contributed by atoms with Crippen molar-refractivity contribution in [3.8, 4) is 11.5 Å². The number of thiophene rings is 1. The van der Waals surface area contributed by atoms with Crippen LogP contribution in [0, 0.1) is 12.8 Å². The Balaban J connectivity index is 1.53. The van der Waals surface area contributed by atoms with Crippen LogP contribution in [0.2, 0.25) is 0 Å². The van der Waals surface area contributed by atoms with Crippen LogP contribution < -0.4 is 15.0 Å². The lowest BCUT2D eigenvalue weighted by molar-refractivity contribution is 0.174. The number of nitrogens with zero attached hydrogens (tertiary/aromatic N) is 2. The van der Waals surface area contributed by atoms with Crippen molar-refractivity contribution in [2.45, 2.75) is 46.7 Å². The zero-order valence-electron chi connectivity index (χ0n) is 17.4. The van der Waals surface area contributed by atoms with Gasteiger partial charge in [-0.05, 0) is 49.6 Å². The van der Waals surface area contributed by atoms with Gasteiger partial charge < -0.3 is 14.5 Å². The third-order valence-electron chi connectivity index (χ3n) is 5.47. The molecule has 0 radical (unpaired) electrons. The number of hydrogen-bond acceptors (Lipinski definition) is 6. The second kappa shape index (κ2) is 8.16. The van der Waals surface area contributed by atoms with Gasteiger partial charge in [-0.15, -0.1) is 11.3 Å². The first kappa shape index (κ1) is 19.9. The molecule has 4 rings (SSSR count). The van der Waals surface area contributed by atoms with E-state index in [0.29, 0.717) is 18.3 Å². The molecule has 29 heavy (non-hydrogen) atoms. The molecule has 1 aromatic carbocycles. The lowest BCUT2D eigenvalue weighted by Gasteiger charge is -2.16. The van der Waals surface area contributed by atoms with E-state index < -0.39 is 0 Å². The minimum absolute atomic E-state index is 0.0240. The van der Waals surface area contributed by atoms with Crippen molar-refractivity contribution in [2.75, 3.05) is 13.8 Å². The fraction of sp³-hybridized carbons (Fsp3) is 0.455. The molecule has 1 N–H and O–H groups in total. The standard InChI is InChI=1S/C22H27N3O3S/c1-5-13(2)8-16-14(3)29-22-20(16)21(26)23-19(24-22)11-25(4)10-15-6-7-17-18(9-15)28-12-27-17/h6-7,9,13H,5,8,10-12H2,1-4H3,(H,23,24,26)/t13-/m1/s1. The van der Waals surface area contributed by atoms with E-state index in [1.807, 2.05) is 25.2 Å². The van der Waals surface area contributed by atoms with Gasteiger partial charge in [0.05, 0.1) is 11.9 Å². The molecule has 1 aliphatic rings. The molecule has 3 heterocycles. The van der Waals surface area contributed by atoms with Gasteiger partial charge in [0.1, 0.15) is 10.7 Å². The average Bonchev–Trinajstić information content (AvgIpc) is 3.25. The largest absolute Gasteiger partial charge is 0.454 e. The molecular weight excluding hydrogens is 386 g/mol.